The third kappa shape index (κ3) is 6.62. The molecule has 39 heavy (non-hydrogen) atoms. The summed E-state index contributed by atoms with van der Waals surface area (Å²) in [7, 11) is 5.45. The van der Waals surface area contributed by atoms with E-state index in [9.17, 15) is 14.0 Å². The van der Waals surface area contributed by atoms with Crippen molar-refractivity contribution in [2.75, 3.05) is 31.4 Å². The van der Waals surface area contributed by atoms with E-state index in [0.717, 1.165) is 16.8 Å². The second-order valence-corrected chi connectivity index (χ2v) is 9.45. The number of halogens is 1. The molecular formula is C32H32FN3O3. The number of amides is 2. The van der Waals surface area contributed by atoms with Gasteiger partial charge in [0.2, 0.25) is 0 Å². The van der Waals surface area contributed by atoms with Crippen LogP contribution in [0, 0.1) is 5.82 Å². The average Bonchev–Trinajstić information content (AvgIpc) is 2.95. The number of nitrogens with zero attached hydrogens (tertiary/aromatic N) is 2. The molecule has 0 aromatic heterocycles. The Labute approximate surface area is 228 Å². The maximum Gasteiger partial charge on any atom is 0.255 e. The number of rotatable bonds is 9. The van der Waals surface area contributed by atoms with Gasteiger partial charge in [0.15, 0.2) is 0 Å². The smallest absolute Gasteiger partial charge is 0.255 e. The van der Waals surface area contributed by atoms with Crippen molar-refractivity contribution in [1.82, 2.24) is 4.90 Å². The quantitative estimate of drug-likeness (QED) is 0.269. The molecule has 0 saturated carbocycles. The monoisotopic (exact) mass is 525 g/mol. The van der Waals surface area contributed by atoms with E-state index in [0.29, 0.717) is 17.0 Å². The van der Waals surface area contributed by atoms with Gasteiger partial charge >= 0.3 is 0 Å². The normalized spacial score (nSPS) is 11.4. The number of nitrogens with one attached hydrogen (secondary N) is 1. The third-order valence-electron chi connectivity index (χ3n) is 6.59. The Bertz CT molecular complexity index is 1440. The first-order chi connectivity index (χ1) is 18.8. The molecule has 1 atom stereocenters. The van der Waals surface area contributed by atoms with Crippen molar-refractivity contribution >= 4 is 23.2 Å². The molecule has 0 fully saturated rings. The molecule has 200 valence electrons. The highest BCUT2D eigenvalue weighted by Gasteiger charge is 2.25. The van der Waals surface area contributed by atoms with Gasteiger partial charge in [-0.25, -0.2) is 4.39 Å². The van der Waals surface area contributed by atoms with Gasteiger partial charge in [-0.05, 0) is 78.7 Å². The van der Waals surface area contributed by atoms with E-state index in [2.05, 4.69) is 5.32 Å². The summed E-state index contributed by atoms with van der Waals surface area (Å²) in [5, 5.41) is 2.86. The van der Waals surface area contributed by atoms with Crippen LogP contribution in [0.5, 0.6) is 5.75 Å². The summed E-state index contributed by atoms with van der Waals surface area (Å²) in [6.45, 7) is 2.29. The van der Waals surface area contributed by atoms with Crippen molar-refractivity contribution in [2.45, 2.75) is 19.5 Å². The maximum absolute atomic E-state index is 13.9. The number of ether oxygens (including phenoxy) is 1. The summed E-state index contributed by atoms with van der Waals surface area (Å²) in [6.07, 6.45) is 0. The molecule has 7 heteroatoms. The largest absolute Gasteiger partial charge is 0.497 e. The van der Waals surface area contributed by atoms with E-state index in [1.807, 2.05) is 73.3 Å². The lowest BCUT2D eigenvalue weighted by Gasteiger charge is -2.32. The molecule has 4 aromatic carbocycles. The Kier molecular flexibility index (Phi) is 8.61. The zero-order valence-corrected chi connectivity index (χ0v) is 22.5. The molecular weight excluding hydrogens is 493 g/mol. The highest BCUT2D eigenvalue weighted by Crippen LogP contribution is 2.30. The van der Waals surface area contributed by atoms with E-state index in [1.54, 1.807) is 43.5 Å². The van der Waals surface area contributed by atoms with Crippen molar-refractivity contribution in [1.29, 1.82) is 0 Å². The topological polar surface area (TPSA) is 61.9 Å². The van der Waals surface area contributed by atoms with Gasteiger partial charge in [-0.1, -0.05) is 36.4 Å². The molecule has 0 aliphatic heterocycles. The van der Waals surface area contributed by atoms with Gasteiger partial charge in [-0.3, -0.25) is 9.59 Å². The molecule has 0 heterocycles. The molecule has 4 aromatic rings. The van der Waals surface area contributed by atoms with Crippen LogP contribution >= 0.6 is 0 Å². The lowest BCUT2D eigenvalue weighted by atomic mass is 10.0. The maximum atomic E-state index is 13.9. The van der Waals surface area contributed by atoms with Crippen LogP contribution in [0.2, 0.25) is 0 Å². The second-order valence-electron chi connectivity index (χ2n) is 9.45. The zero-order valence-electron chi connectivity index (χ0n) is 22.5. The van der Waals surface area contributed by atoms with Gasteiger partial charge < -0.3 is 19.9 Å². The fourth-order valence-corrected chi connectivity index (χ4v) is 4.44. The first kappa shape index (κ1) is 27.4. The average molecular weight is 526 g/mol. The number of carbonyl (C=O) groups excluding carboxylic acids is 2. The summed E-state index contributed by atoms with van der Waals surface area (Å²) in [5.74, 6) is -0.352. The van der Waals surface area contributed by atoms with Gasteiger partial charge in [-0.2, -0.15) is 0 Å². The highest BCUT2D eigenvalue weighted by atomic mass is 19.1. The second kappa shape index (κ2) is 12.3. The van der Waals surface area contributed by atoms with Crippen LogP contribution in [0.3, 0.4) is 0 Å². The van der Waals surface area contributed by atoms with Crippen molar-refractivity contribution in [3.63, 3.8) is 0 Å². The van der Waals surface area contributed by atoms with Crippen molar-refractivity contribution < 1.29 is 18.7 Å². The fourth-order valence-electron chi connectivity index (χ4n) is 4.44. The fraction of sp³-hybridized carbons (Fsp3) is 0.188. The SMILES string of the molecule is COc1ccc(C(=O)N(Cc2cc(NC(=O)c3cccc(F)c3)ccc2N(C)C)[C@@H](C)c2ccccc2)cc1. The minimum absolute atomic E-state index is 0.132. The summed E-state index contributed by atoms with van der Waals surface area (Å²) in [6, 6.07) is 27.8. The van der Waals surface area contributed by atoms with Crippen LogP contribution in [-0.4, -0.2) is 37.9 Å². The lowest BCUT2D eigenvalue weighted by Crippen LogP contribution is -2.33. The van der Waals surface area contributed by atoms with Gasteiger partial charge in [0.25, 0.3) is 11.8 Å². The Morgan fingerprint density at radius 3 is 2.23 bits per heavy atom. The van der Waals surface area contributed by atoms with Crippen LogP contribution in [0.25, 0.3) is 0 Å². The van der Waals surface area contributed by atoms with Crippen LogP contribution in [0.4, 0.5) is 15.8 Å². The van der Waals surface area contributed by atoms with Crippen molar-refractivity contribution in [2.24, 2.45) is 0 Å². The Morgan fingerprint density at radius 1 is 0.872 bits per heavy atom. The van der Waals surface area contributed by atoms with E-state index in [1.165, 1.54) is 18.2 Å². The third-order valence-corrected chi connectivity index (χ3v) is 6.59. The van der Waals surface area contributed by atoms with Crippen LogP contribution < -0.4 is 15.0 Å². The molecule has 0 radical (unpaired) electrons. The van der Waals surface area contributed by atoms with Crippen LogP contribution in [-0.2, 0) is 6.54 Å². The number of benzene rings is 4. The summed E-state index contributed by atoms with van der Waals surface area (Å²) in [4.78, 5) is 30.5. The zero-order chi connectivity index (χ0) is 27.9. The van der Waals surface area contributed by atoms with E-state index < -0.39 is 11.7 Å². The van der Waals surface area contributed by atoms with Crippen molar-refractivity contribution in [3.8, 4) is 5.75 Å². The molecule has 0 aliphatic carbocycles. The number of hydrogen-bond donors (Lipinski definition) is 1. The van der Waals surface area contributed by atoms with E-state index >= 15 is 0 Å². The number of methoxy groups -OCH3 is 1. The molecule has 4 rings (SSSR count). The highest BCUT2D eigenvalue weighted by molar-refractivity contribution is 6.04. The van der Waals surface area contributed by atoms with Crippen LogP contribution in [0.1, 0.15) is 44.8 Å². The minimum Gasteiger partial charge on any atom is -0.497 e. The predicted molar refractivity (Wildman–Crippen MR) is 153 cm³/mol. The Hall–Kier alpha value is -4.65. The standard InChI is InChI=1S/C32H32FN3O3/c1-22(23-9-6-5-7-10-23)36(32(38)24-13-16-29(39-4)17-14-24)21-26-20-28(15-18-30(26)35(2)3)34-31(37)25-11-8-12-27(33)19-25/h5-20,22H,21H2,1-4H3,(H,34,37)/t22-/m0/s1. The number of anilines is 2. The molecule has 2 amide bonds. The molecule has 0 spiro atoms. The van der Waals surface area contributed by atoms with Gasteiger partial charge in [0, 0.05) is 43.1 Å². The Balaban J connectivity index is 1.70. The first-order valence-corrected chi connectivity index (χ1v) is 12.6. The molecule has 0 bridgehead atoms. The van der Waals surface area contributed by atoms with Crippen molar-refractivity contribution in [3.05, 3.63) is 125 Å². The van der Waals surface area contributed by atoms with Gasteiger partial charge in [-0.15, -0.1) is 0 Å². The van der Waals surface area contributed by atoms with Gasteiger partial charge in [0.05, 0.1) is 13.2 Å². The summed E-state index contributed by atoms with van der Waals surface area (Å²) in [5.41, 5.74) is 4.08. The van der Waals surface area contributed by atoms with E-state index in [4.69, 9.17) is 4.74 Å². The number of hydrogen-bond acceptors (Lipinski definition) is 4. The Morgan fingerprint density at radius 2 is 1.59 bits per heavy atom. The van der Waals surface area contributed by atoms with E-state index in [-0.39, 0.29) is 24.1 Å². The predicted octanol–water partition coefficient (Wildman–Crippen LogP) is 6.56. The van der Waals surface area contributed by atoms with Crippen LogP contribution in [0.15, 0.2) is 97.1 Å². The lowest BCUT2D eigenvalue weighted by molar-refractivity contribution is 0.0674. The molecule has 6 nitrogen and oxygen atoms in total. The van der Waals surface area contributed by atoms with Gasteiger partial charge in [0.1, 0.15) is 11.6 Å². The minimum atomic E-state index is -0.478. The molecule has 0 unspecified atom stereocenters. The molecule has 0 aliphatic rings. The first-order valence-electron chi connectivity index (χ1n) is 12.6. The summed E-state index contributed by atoms with van der Waals surface area (Å²) < 4.78 is 18.9. The molecule has 0 saturated heterocycles. The molecule has 1 N–H and O–H groups in total. The number of carbonyl (C=O) groups is 2. The summed E-state index contributed by atoms with van der Waals surface area (Å²) >= 11 is 0.